The monoisotopic (exact) mass is 288 g/mol. The van der Waals surface area contributed by atoms with Crippen LogP contribution in [0.5, 0.6) is 0 Å². The van der Waals surface area contributed by atoms with Gasteiger partial charge in [-0.15, -0.1) is 0 Å². The quantitative estimate of drug-likeness (QED) is 0.795. The first-order chi connectivity index (χ1) is 10.2. The van der Waals surface area contributed by atoms with Crippen molar-refractivity contribution in [1.29, 1.82) is 0 Å². The Balaban J connectivity index is 2.01. The third-order valence-corrected chi connectivity index (χ3v) is 3.10. The summed E-state index contributed by atoms with van der Waals surface area (Å²) in [4.78, 5) is 10.8. The van der Waals surface area contributed by atoms with Gasteiger partial charge in [0.15, 0.2) is 0 Å². The van der Waals surface area contributed by atoms with E-state index in [9.17, 15) is 4.39 Å². The number of halogens is 1. The molecule has 5 heteroatoms. The van der Waals surface area contributed by atoms with Gasteiger partial charge in [-0.25, -0.2) is 9.37 Å². The summed E-state index contributed by atoms with van der Waals surface area (Å²) in [6.45, 7) is 4.40. The van der Waals surface area contributed by atoms with E-state index in [1.807, 2.05) is 18.0 Å². The van der Waals surface area contributed by atoms with Crippen LogP contribution >= 0.6 is 0 Å². The molecule has 0 amide bonds. The highest BCUT2D eigenvalue weighted by Crippen LogP contribution is 2.13. The number of anilines is 1. The zero-order valence-corrected chi connectivity index (χ0v) is 12.5. The van der Waals surface area contributed by atoms with E-state index in [2.05, 4.69) is 22.2 Å². The summed E-state index contributed by atoms with van der Waals surface area (Å²) >= 11 is 0. The summed E-state index contributed by atoms with van der Waals surface area (Å²) in [5, 5.41) is 3.30. The van der Waals surface area contributed by atoms with Gasteiger partial charge in [-0.05, 0) is 30.7 Å². The van der Waals surface area contributed by atoms with Gasteiger partial charge in [0.1, 0.15) is 11.6 Å². The number of aromatic nitrogens is 2. The Morgan fingerprint density at radius 2 is 2.14 bits per heavy atom. The highest BCUT2D eigenvalue weighted by Gasteiger charge is 2.06. The Labute approximate surface area is 125 Å². The highest BCUT2D eigenvalue weighted by molar-refractivity contribution is 5.36. The molecular weight excluding hydrogens is 267 g/mol. The Bertz CT molecular complexity index is 574. The van der Waals surface area contributed by atoms with Crippen molar-refractivity contribution >= 4 is 5.82 Å². The van der Waals surface area contributed by atoms with Crippen LogP contribution in [0.4, 0.5) is 10.2 Å². The van der Waals surface area contributed by atoms with Gasteiger partial charge in [-0.1, -0.05) is 19.1 Å². The number of benzene rings is 1. The largest absolute Gasteiger partial charge is 0.354 e. The predicted octanol–water partition coefficient (Wildman–Crippen LogP) is 2.75. The van der Waals surface area contributed by atoms with E-state index in [-0.39, 0.29) is 5.82 Å². The molecule has 1 N–H and O–H groups in total. The Morgan fingerprint density at radius 1 is 1.29 bits per heavy atom. The lowest BCUT2D eigenvalue weighted by molar-refractivity contribution is 0.625. The average Bonchev–Trinajstić information content (AvgIpc) is 2.48. The minimum Gasteiger partial charge on any atom is -0.354 e. The first-order valence-corrected chi connectivity index (χ1v) is 7.16. The molecule has 0 fully saturated rings. The topological polar surface area (TPSA) is 41.1 Å². The van der Waals surface area contributed by atoms with Crippen LogP contribution in [0.1, 0.15) is 24.6 Å². The zero-order chi connectivity index (χ0) is 15.1. The number of nitrogens with zero attached hydrogens (tertiary/aromatic N) is 3. The minimum atomic E-state index is -0.218. The molecule has 1 heterocycles. The van der Waals surface area contributed by atoms with Crippen molar-refractivity contribution in [1.82, 2.24) is 15.3 Å². The van der Waals surface area contributed by atoms with Crippen LogP contribution in [0.25, 0.3) is 0 Å². The van der Waals surface area contributed by atoms with Crippen molar-refractivity contribution in [2.75, 3.05) is 18.5 Å². The van der Waals surface area contributed by atoms with Gasteiger partial charge in [0.25, 0.3) is 0 Å². The molecule has 0 saturated carbocycles. The predicted molar refractivity (Wildman–Crippen MR) is 82.5 cm³/mol. The molecule has 1 aromatic carbocycles. The molecule has 4 nitrogen and oxygen atoms in total. The van der Waals surface area contributed by atoms with E-state index in [0.717, 1.165) is 30.0 Å². The lowest BCUT2D eigenvalue weighted by atomic mass is 10.2. The fourth-order valence-corrected chi connectivity index (χ4v) is 2.05. The van der Waals surface area contributed by atoms with Crippen LogP contribution in [-0.2, 0) is 13.1 Å². The smallest absolute Gasteiger partial charge is 0.147 e. The van der Waals surface area contributed by atoms with Gasteiger partial charge in [-0.3, -0.25) is 4.98 Å². The van der Waals surface area contributed by atoms with Crippen LogP contribution in [0.3, 0.4) is 0 Å². The van der Waals surface area contributed by atoms with Crippen LogP contribution in [0.15, 0.2) is 36.7 Å². The molecule has 0 atom stereocenters. The van der Waals surface area contributed by atoms with Crippen LogP contribution < -0.4 is 10.2 Å². The molecule has 0 aliphatic heterocycles. The first-order valence-electron chi connectivity index (χ1n) is 7.16. The van der Waals surface area contributed by atoms with Crippen LogP contribution in [-0.4, -0.2) is 23.6 Å². The second-order valence-electron chi connectivity index (χ2n) is 5.03. The molecule has 0 bridgehead atoms. The molecule has 112 valence electrons. The Morgan fingerprint density at radius 3 is 2.90 bits per heavy atom. The molecule has 0 radical (unpaired) electrons. The summed E-state index contributed by atoms with van der Waals surface area (Å²) < 4.78 is 13.2. The number of hydrogen-bond donors (Lipinski definition) is 1. The van der Waals surface area contributed by atoms with Crippen molar-refractivity contribution in [2.24, 2.45) is 0 Å². The van der Waals surface area contributed by atoms with Gasteiger partial charge in [0.05, 0.1) is 11.9 Å². The fraction of sp³-hybridized carbons (Fsp3) is 0.375. The van der Waals surface area contributed by atoms with Gasteiger partial charge in [0.2, 0.25) is 0 Å². The SMILES string of the molecule is CCCNCc1cncc(N(C)Cc2cccc(F)c2)n1. The highest BCUT2D eigenvalue weighted by atomic mass is 19.1. The fourth-order valence-electron chi connectivity index (χ4n) is 2.05. The molecular formula is C16H21FN4. The van der Waals surface area contributed by atoms with Crippen molar-refractivity contribution < 1.29 is 4.39 Å². The lowest BCUT2D eigenvalue weighted by Crippen LogP contribution is -2.20. The second kappa shape index (κ2) is 7.69. The van der Waals surface area contributed by atoms with Gasteiger partial charge in [0, 0.05) is 26.3 Å². The zero-order valence-electron chi connectivity index (χ0n) is 12.5. The molecule has 1 aromatic heterocycles. The van der Waals surface area contributed by atoms with E-state index in [1.54, 1.807) is 18.5 Å². The molecule has 2 aromatic rings. The molecule has 2 rings (SSSR count). The summed E-state index contributed by atoms with van der Waals surface area (Å²) in [7, 11) is 1.93. The second-order valence-corrected chi connectivity index (χ2v) is 5.03. The van der Waals surface area contributed by atoms with Gasteiger partial charge in [-0.2, -0.15) is 0 Å². The normalized spacial score (nSPS) is 10.6. The maximum absolute atomic E-state index is 13.2. The van der Waals surface area contributed by atoms with Crippen molar-refractivity contribution in [3.8, 4) is 0 Å². The van der Waals surface area contributed by atoms with E-state index in [4.69, 9.17) is 0 Å². The van der Waals surface area contributed by atoms with E-state index in [1.165, 1.54) is 12.1 Å². The van der Waals surface area contributed by atoms with Crippen LogP contribution in [0.2, 0.25) is 0 Å². The Hall–Kier alpha value is -2.01. The van der Waals surface area contributed by atoms with Crippen LogP contribution in [0, 0.1) is 5.82 Å². The van der Waals surface area contributed by atoms with Crippen molar-refractivity contribution in [2.45, 2.75) is 26.4 Å². The minimum absolute atomic E-state index is 0.218. The van der Waals surface area contributed by atoms with E-state index in [0.29, 0.717) is 13.1 Å². The first kappa shape index (κ1) is 15.4. The van der Waals surface area contributed by atoms with Gasteiger partial charge >= 0.3 is 0 Å². The van der Waals surface area contributed by atoms with E-state index >= 15 is 0 Å². The average molecular weight is 288 g/mol. The molecule has 0 aliphatic rings. The number of rotatable bonds is 7. The third-order valence-electron chi connectivity index (χ3n) is 3.10. The Kier molecular flexibility index (Phi) is 5.63. The summed E-state index contributed by atoms with van der Waals surface area (Å²) in [6, 6.07) is 6.61. The summed E-state index contributed by atoms with van der Waals surface area (Å²) in [5.74, 6) is 0.569. The summed E-state index contributed by atoms with van der Waals surface area (Å²) in [5.41, 5.74) is 1.82. The third kappa shape index (κ3) is 4.79. The lowest BCUT2D eigenvalue weighted by Gasteiger charge is -2.18. The summed E-state index contributed by atoms with van der Waals surface area (Å²) in [6.07, 6.45) is 4.58. The number of hydrogen-bond acceptors (Lipinski definition) is 4. The maximum Gasteiger partial charge on any atom is 0.147 e. The van der Waals surface area contributed by atoms with Crippen molar-refractivity contribution in [3.05, 3.63) is 53.7 Å². The molecule has 0 spiro atoms. The molecule has 0 aliphatic carbocycles. The maximum atomic E-state index is 13.2. The number of nitrogens with one attached hydrogen (secondary N) is 1. The van der Waals surface area contributed by atoms with Crippen molar-refractivity contribution in [3.63, 3.8) is 0 Å². The molecule has 0 saturated heterocycles. The molecule has 21 heavy (non-hydrogen) atoms. The molecule has 0 unspecified atom stereocenters. The van der Waals surface area contributed by atoms with E-state index < -0.39 is 0 Å². The van der Waals surface area contributed by atoms with Gasteiger partial charge < -0.3 is 10.2 Å². The standard InChI is InChI=1S/C16H21FN4/c1-3-7-18-9-15-10-19-11-16(20-15)21(2)12-13-5-4-6-14(17)8-13/h4-6,8,10-11,18H,3,7,9,12H2,1-2H3.